The van der Waals surface area contributed by atoms with Gasteiger partial charge in [0.05, 0.1) is 11.0 Å². The van der Waals surface area contributed by atoms with Crippen molar-refractivity contribution in [1.29, 1.82) is 0 Å². The molecule has 3 saturated carbocycles. The minimum atomic E-state index is -1.72. The molecule has 17 nitrogen and oxygen atoms in total. The molecule has 0 bridgehead atoms. The summed E-state index contributed by atoms with van der Waals surface area (Å²) in [5.74, 6) is -7.38. The number of ketones is 2. The smallest absolute Gasteiger partial charge is 0.306 e. The number of aliphatic carboxylic acids is 1. The molecule has 10 atom stereocenters. The van der Waals surface area contributed by atoms with Gasteiger partial charge < -0.3 is 35.6 Å². The highest BCUT2D eigenvalue weighted by atomic mass is 79.9. The number of carbonyl (C=O) groups excluding carboxylic acids is 8. The molecule has 0 aromatic carbocycles. The second-order valence-corrected chi connectivity index (χ2v) is 19.1. The van der Waals surface area contributed by atoms with Crippen LogP contribution in [0.5, 0.6) is 0 Å². The predicted molar refractivity (Wildman–Crippen MR) is 223 cm³/mol. The number of hydrogen-bond donors (Lipinski definition) is 5. The molecule has 0 spiro atoms. The van der Waals surface area contributed by atoms with Gasteiger partial charge in [-0.25, -0.2) is 0 Å². The van der Waals surface area contributed by atoms with Crippen LogP contribution in [0.15, 0.2) is 32.8 Å². The van der Waals surface area contributed by atoms with Gasteiger partial charge in [0.15, 0.2) is 11.4 Å². The highest BCUT2D eigenvalue weighted by Crippen LogP contribution is 2.72. The molecular formula is C41H51Br2ClN4O13. The molecular weight excluding hydrogens is 952 g/mol. The first-order valence-corrected chi connectivity index (χ1v) is 22.1. The monoisotopic (exact) mass is 1000 g/mol. The summed E-state index contributed by atoms with van der Waals surface area (Å²) in [5, 5.41) is 28.5. The fourth-order valence-electron chi connectivity index (χ4n) is 10.3. The third-order valence-electron chi connectivity index (χ3n) is 13.4. The van der Waals surface area contributed by atoms with Crippen molar-refractivity contribution in [1.82, 2.24) is 20.9 Å². The van der Waals surface area contributed by atoms with E-state index in [-0.39, 0.29) is 52.4 Å². The Hall–Kier alpha value is -3.78. The number of aliphatic hydroxyl groups is 1. The number of esters is 1. The molecule has 5 aliphatic rings. The van der Waals surface area contributed by atoms with Crippen LogP contribution in [-0.2, 0) is 52.6 Å². The minimum absolute atomic E-state index is 0.00870. The van der Waals surface area contributed by atoms with Crippen molar-refractivity contribution >= 4 is 96.5 Å². The van der Waals surface area contributed by atoms with Gasteiger partial charge in [-0.05, 0) is 94.9 Å². The zero-order chi connectivity index (χ0) is 45.4. The normalized spacial score (nSPS) is 32.6. The Kier molecular flexibility index (Phi) is 14.6. The van der Waals surface area contributed by atoms with Gasteiger partial charge in [-0.3, -0.25) is 48.1 Å². The van der Waals surface area contributed by atoms with E-state index in [4.69, 9.17) is 21.1 Å². The number of Topliss-reactive ketones (excluding diaryl/α,β-unsaturated/α-hetero) is 1. The molecule has 1 aliphatic heterocycles. The van der Waals surface area contributed by atoms with Gasteiger partial charge in [0.1, 0.15) is 34.4 Å². The lowest BCUT2D eigenvalue weighted by atomic mass is 9.45. The molecule has 5 N–H and O–H groups in total. The van der Waals surface area contributed by atoms with Crippen LogP contribution in [0, 0.1) is 28.6 Å². The molecule has 20 heteroatoms. The molecule has 1 heterocycles. The Morgan fingerprint density at radius 1 is 1.02 bits per heavy atom. The van der Waals surface area contributed by atoms with E-state index in [1.54, 1.807) is 19.1 Å². The van der Waals surface area contributed by atoms with Crippen molar-refractivity contribution in [2.45, 2.75) is 115 Å². The van der Waals surface area contributed by atoms with Crippen molar-refractivity contribution in [2.75, 3.05) is 19.9 Å². The minimum Gasteiger partial charge on any atom is -0.481 e. The van der Waals surface area contributed by atoms with E-state index >= 15 is 0 Å². The van der Waals surface area contributed by atoms with Gasteiger partial charge in [0, 0.05) is 42.6 Å². The van der Waals surface area contributed by atoms with Crippen LogP contribution in [0.1, 0.15) is 86.0 Å². The van der Waals surface area contributed by atoms with Crippen LogP contribution in [0.25, 0.3) is 0 Å². The quantitative estimate of drug-likeness (QED) is 0.0463. The zero-order valence-corrected chi connectivity index (χ0v) is 38.4. The number of carboxylic acids is 1. The van der Waals surface area contributed by atoms with Crippen molar-refractivity contribution in [3.05, 3.63) is 32.8 Å². The maximum Gasteiger partial charge on any atom is 0.306 e. The van der Waals surface area contributed by atoms with Crippen LogP contribution < -0.4 is 16.0 Å². The Morgan fingerprint density at radius 2 is 1.67 bits per heavy atom. The number of nitrogens with one attached hydrogen (secondary N) is 3. The molecule has 0 aromatic rings. The lowest BCUT2D eigenvalue weighted by Gasteiger charge is -2.64. The molecule has 334 valence electrons. The standard InChI is InChI=1S/C41H51Br2ClN4O13/c1-6-31(55)61-41(20(2)15-25-24-8-7-22-16-23(49)11-13-38(22,4)40(24,44)27(50)17-39(25,41)5)28(51)18-60-19-45-34(56)21(3)46-35(57)26(9-10-30(53)54)47-29(52)12-14-48-36(58)32(42)33(43)37(48)59/h11,13,16,20-21,24-27,50H,6-10,12,14-15,17-19H2,1-5H3,(H,45,56)(H,46,57)(H,47,52)(H,53,54)/t20-,21-,24-,25?,26-,27-,38-,39-,40-,41-/m0/s1. The molecule has 3 fully saturated rings. The number of ether oxygens (including phenoxy) is 2. The van der Waals surface area contributed by atoms with Gasteiger partial charge in [0.2, 0.25) is 23.5 Å². The molecule has 0 aromatic heterocycles. The molecule has 61 heavy (non-hydrogen) atoms. The lowest BCUT2D eigenvalue weighted by molar-refractivity contribution is -0.203. The first kappa shape index (κ1) is 48.3. The summed E-state index contributed by atoms with van der Waals surface area (Å²) in [6.07, 6.45) is 3.99. The fraction of sp³-hybridized carbons (Fsp3) is 0.634. The maximum absolute atomic E-state index is 14.5. The molecule has 0 saturated heterocycles. The van der Waals surface area contributed by atoms with Gasteiger partial charge in [0.25, 0.3) is 11.8 Å². The summed E-state index contributed by atoms with van der Waals surface area (Å²) < 4.78 is 11.8. The summed E-state index contributed by atoms with van der Waals surface area (Å²) in [5.41, 5.74) is -2.78. The van der Waals surface area contributed by atoms with E-state index in [0.29, 0.717) is 19.3 Å². The van der Waals surface area contributed by atoms with Gasteiger partial charge in [-0.2, -0.15) is 0 Å². The van der Waals surface area contributed by atoms with E-state index in [1.807, 2.05) is 20.8 Å². The van der Waals surface area contributed by atoms with Crippen LogP contribution >= 0.6 is 43.5 Å². The van der Waals surface area contributed by atoms with E-state index in [9.17, 15) is 53.4 Å². The van der Waals surface area contributed by atoms with E-state index in [0.717, 1.165) is 10.5 Å². The number of alkyl halides is 1. The van der Waals surface area contributed by atoms with Gasteiger partial charge in [-0.1, -0.05) is 39.3 Å². The van der Waals surface area contributed by atoms with Crippen LogP contribution in [0.4, 0.5) is 0 Å². The third-order valence-corrected chi connectivity index (χ3v) is 16.3. The number of carbonyl (C=O) groups is 9. The maximum atomic E-state index is 14.5. The summed E-state index contributed by atoms with van der Waals surface area (Å²) in [6.45, 7) is 7.13. The average molecular weight is 1000 g/mol. The van der Waals surface area contributed by atoms with E-state index in [1.165, 1.54) is 13.0 Å². The molecule has 5 rings (SSSR count). The number of allylic oxidation sites excluding steroid dienone is 4. The first-order valence-electron chi connectivity index (χ1n) is 20.1. The molecule has 5 amide bonds. The number of rotatable bonds is 17. The number of carboxylic acid groups (broad SMARTS) is 1. The molecule has 1 unspecified atom stereocenters. The lowest BCUT2D eigenvalue weighted by Crippen LogP contribution is -2.69. The Balaban J connectivity index is 1.21. The second kappa shape index (κ2) is 18.5. The second-order valence-electron chi connectivity index (χ2n) is 16.8. The van der Waals surface area contributed by atoms with E-state index in [2.05, 4.69) is 47.8 Å². The van der Waals surface area contributed by atoms with E-state index < -0.39 is 119 Å². The average Bonchev–Trinajstić information content (AvgIpc) is 3.53. The first-order chi connectivity index (χ1) is 28.5. The number of nitrogens with zero attached hydrogens (tertiary/aromatic N) is 1. The predicted octanol–water partition coefficient (Wildman–Crippen LogP) is 2.84. The van der Waals surface area contributed by atoms with Gasteiger partial charge >= 0.3 is 11.9 Å². The van der Waals surface area contributed by atoms with Crippen molar-refractivity contribution < 1.29 is 62.8 Å². The number of amides is 5. The number of hydrogen-bond acceptors (Lipinski definition) is 12. The highest BCUT2D eigenvalue weighted by molar-refractivity contribution is 9.14. The number of halogens is 3. The van der Waals surface area contributed by atoms with Crippen LogP contribution in [0.2, 0.25) is 0 Å². The highest BCUT2D eigenvalue weighted by Gasteiger charge is 2.76. The van der Waals surface area contributed by atoms with Crippen molar-refractivity contribution in [3.63, 3.8) is 0 Å². The molecule has 4 aliphatic carbocycles. The van der Waals surface area contributed by atoms with Crippen LogP contribution in [0.3, 0.4) is 0 Å². The Bertz CT molecular complexity index is 1990. The third kappa shape index (κ3) is 8.65. The Labute approximate surface area is 374 Å². The van der Waals surface area contributed by atoms with Crippen molar-refractivity contribution in [3.8, 4) is 0 Å². The number of imide groups is 1. The zero-order valence-electron chi connectivity index (χ0n) is 34.4. The molecule has 0 radical (unpaired) electrons. The van der Waals surface area contributed by atoms with Crippen LogP contribution in [-0.4, -0.2) is 117 Å². The summed E-state index contributed by atoms with van der Waals surface area (Å²) >= 11 is 13.6. The Morgan fingerprint density at radius 3 is 2.30 bits per heavy atom. The number of fused-ring (bicyclic) bond motifs is 5. The SMILES string of the molecule is CCC(=O)O[C@]1(C(=O)COCNC(=O)[C@H](C)NC(=O)[C@H](CCC(=O)O)NC(=O)CCN2C(=O)C(Br)=C(Br)C2=O)[C@@H](C)CC2[C@@H]3CCC4=CC(=O)C=C[C@]4(C)[C@@]3(Cl)[C@@H](O)C[C@@]21C. The fourth-order valence-corrected chi connectivity index (χ4v) is 11.6. The largest absolute Gasteiger partial charge is 0.481 e. The summed E-state index contributed by atoms with van der Waals surface area (Å²) in [6, 6.07) is -2.62. The topological polar surface area (TPSA) is 252 Å². The van der Waals surface area contributed by atoms with Crippen molar-refractivity contribution in [2.24, 2.45) is 28.6 Å². The number of aliphatic hydroxyl groups excluding tert-OH is 1. The summed E-state index contributed by atoms with van der Waals surface area (Å²) in [4.78, 5) is 114. The summed E-state index contributed by atoms with van der Waals surface area (Å²) in [7, 11) is 0. The van der Waals surface area contributed by atoms with Gasteiger partial charge in [-0.15, -0.1) is 11.6 Å².